The predicted molar refractivity (Wildman–Crippen MR) is 90.9 cm³/mol. The zero-order valence-electron chi connectivity index (χ0n) is 13.8. The van der Waals surface area contributed by atoms with Gasteiger partial charge in [-0.1, -0.05) is 36.4 Å². The van der Waals surface area contributed by atoms with Crippen LogP contribution in [-0.4, -0.2) is 23.8 Å². The van der Waals surface area contributed by atoms with Crippen molar-refractivity contribution in [2.45, 2.75) is 25.9 Å². The third-order valence-corrected chi connectivity index (χ3v) is 4.23. The molecule has 2 aromatic carbocycles. The van der Waals surface area contributed by atoms with Crippen LogP contribution in [0.1, 0.15) is 44.7 Å². The molecule has 1 heterocycles. The number of aliphatic hydroxyl groups excluding tert-OH is 1. The van der Waals surface area contributed by atoms with E-state index in [9.17, 15) is 9.59 Å². The molecule has 2 aliphatic rings. The van der Waals surface area contributed by atoms with Crippen LogP contribution in [0.4, 0.5) is 0 Å². The van der Waals surface area contributed by atoms with Crippen molar-refractivity contribution in [2.24, 2.45) is 5.92 Å². The number of ether oxygens (including phenoxy) is 2. The fraction of sp³-hybridized carbons (Fsp3) is 0.300. The molecular formula is C20H20O5. The summed E-state index contributed by atoms with van der Waals surface area (Å²) < 4.78 is 9.37. The van der Waals surface area contributed by atoms with Gasteiger partial charge >= 0.3 is 11.9 Å². The summed E-state index contributed by atoms with van der Waals surface area (Å²) in [5, 5.41) is 8.54. The Morgan fingerprint density at radius 1 is 1.12 bits per heavy atom. The summed E-state index contributed by atoms with van der Waals surface area (Å²) in [5.74, 6) is 0.0948. The van der Waals surface area contributed by atoms with Crippen molar-refractivity contribution in [1.82, 2.24) is 0 Å². The van der Waals surface area contributed by atoms with E-state index in [1.807, 2.05) is 36.4 Å². The van der Waals surface area contributed by atoms with E-state index in [0.717, 1.165) is 23.5 Å². The molecule has 5 heteroatoms. The molecule has 0 amide bonds. The Morgan fingerprint density at radius 3 is 2.56 bits per heavy atom. The van der Waals surface area contributed by atoms with Crippen LogP contribution in [0, 0.1) is 5.92 Å². The highest BCUT2D eigenvalue weighted by molar-refractivity contribution is 5.93. The summed E-state index contributed by atoms with van der Waals surface area (Å²) in [5.41, 5.74) is 3.31. The molecule has 0 spiro atoms. The maximum absolute atomic E-state index is 11.5. The van der Waals surface area contributed by atoms with E-state index in [4.69, 9.17) is 9.84 Å². The molecule has 0 bridgehead atoms. The Hall–Kier alpha value is -2.66. The molecule has 1 fully saturated rings. The van der Waals surface area contributed by atoms with Gasteiger partial charge in [-0.15, -0.1) is 0 Å². The number of hydrogen-bond donors (Lipinski definition) is 1. The van der Waals surface area contributed by atoms with Crippen LogP contribution in [0.3, 0.4) is 0 Å². The second-order valence-electron chi connectivity index (χ2n) is 6.10. The van der Waals surface area contributed by atoms with Crippen molar-refractivity contribution in [1.29, 1.82) is 0 Å². The van der Waals surface area contributed by atoms with Crippen LogP contribution >= 0.6 is 0 Å². The van der Waals surface area contributed by atoms with Crippen molar-refractivity contribution < 1.29 is 24.2 Å². The topological polar surface area (TPSA) is 72.8 Å². The molecule has 0 radical (unpaired) electrons. The van der Waals surface area contributed by atoms with Gasteiger partial charge in [-0.25, -0.2) is 9.59 Å². The van der Waals surface area contributed by atoms with Gasteiger partial charge in [0.05, 0.1) is 11.1 Å². The van der Waals surface area contributed by atoms with Crippen molar-refractivity contribution in [3.63, 3.8) is 0 Å². The summed E-state index contributed by atoms with van der Waals surface area (Å²) in [6.45, 7) is -0.119. The number of esters is 2. The Bertz CT molecular complexity index is 764. The molecule has 1 saturated carbocycles. The first-order chi connectivity index (χ1) is 12.2. The van der Waals surface area contributed by atoms with Gasteiger partial charge < -0.3 is 14.6 Å². The van der Waals surface area contributed by atoms with Crippen LogP contribution in [0.25, 0.3) is 0 Å². The largest absolute Gasteiger partial charge is 0.457 e. The average molecular weight is 340 g/mol. The van der Waals surface area contributed by atoms with Crippen molar-refractivity contribution in [2.75, 3.05) is 6.79 Å². The van der Waals surface area contributed by atoms with Crippen LogP contribution in [0.15, 0.2) is 48.5 Å². The molecule has 130 valence electrons. The Labute approximate surface area is 146 Å². The number of aliphatic hydroxyl groups is 1. The summed E-state index contributed by atoms with van der Waals surface area (Å²) in [6.07, 6.45) is 3.45. The van der Waals surface area contributed by atoms with Crippen LogP contribution < -0.4 is 0 Å². The lowest BCUT2D eigenvalue weighted by Crippen LogP contribution is -2.09. The van der Waals surface area contributed by atoms with Crippen molar-refractivity contribution >= 4 is 11.9 Å². The van der Waals surface area contributed by atoms with E-state index < -0.39 is 12.8 Å². The van der Waals surface area contributed by atoms with Crippen molar-refractivity contribution in [3.05, 3.63) is 70.8 Å². The first-order valence-corrected chi connectivity index (χ1v) is 8.30. The van der Waals surface area contributed by atoms with Gasteiger partial charge in [0.2, 0.25) is 0 Å². The van der Waals surface area contributed by atoms with Crippen molar-refractivity contribution in [3.8, 4) is 0 Å². The van der Waals surface area contributed by atoms with Gasteiger partial charge in [-0.05, 0) is 42.9 Å². The van der Waals surface area contributed by atoms with Gasteiger partial charge in [0.25, 0.3) is 0 Å². The standard InChI is InChI=1S/C12H14O3.C8H6O2/c13-8-15-12(14)11-4-2-1-3-10(11)7-9-5-6-9;9-8-7-4-2-1-3-6(7)5-10-8/h1-4,9,13H,5-8H2;1-4H,5H2. The number of carbonyl (C=O) groups is 2. The maximum atomic E-state index is 11.5. The van der Waals surface area contributed by atoms with Gasteiger partial charge in [-0.2, -0.15) is 0 Å². The minimum atomic E-state index is -0.559. The first-order valence-electron chi connectivity index (χ1n) is 8.30. The van der Waals surface area contributed by atoms with Gasteiger partial charge in [0.15, 0.2) is 6.79 Å². The van der Waals surface area contributed by atoms with E-state index in [1.54, 1.807) is 12.1 Å². The number of hydrogen-bond acceptors (Lipinski definition) is 5. The van der Waals surface area contributed by atoms with E-state index in [1.165, 1.54) is 12.8 Å². The molecule has 1 N–H and O–H groups in total. The highest BCUT2D eigenvalue weighted by atomic mass is 16.6. The molecule has 1 aliphatic carbocycles. The van der Waals surface area contributed by atoms with Gasteiger partial charge in [-0.3, -0.25) is 0 Å². The Balaban J connectivity index is 0.000000157. The molecule has 0 atom stereocenters. The Morgan fingerprint density at radius 2 is 1.84 bits per heavy atom. The quantitative estimate of drug-likeness (QED) is 0.684. The van der Waals surface area contributed by atoms with E-state index in [0.29, 0.717) is 17.7 Å². The minimum Gasteiger partial charge on any atom is -0.457 e. The lowest BCUT2D eigenvalue weighted by Gasteiger charge is -2.07. The normalized spacial score (nSPS) is 14.8. The smallest absolute Gasteiger partial charge is 0.340 e. The monoisotopic (exact) mass is 340 g/mol. The summed E-state index contributed by atoms with van der Waals surface area (Å²) >= 11 is 0. The molecule has 0 saturated heterocycles. The number of cyclic esters (lactones) is 1. The second-order valence-corrected chi connectivity index (χ2v) is 6.10. The minimum absolute atomic E-state index is 0.199. The molecule has 25 heavy (non-hydrogen) atoms. The van der Waals surface area contributed by atoms with Gasteiger partial charge in [0.1, 0.15) is 6.61 Å². The summed E-state index contributed by atoms with van der Waals surface area (Å²) in [4.78, 5) is 22.3. The predicted octanol–water partition coefficient (Wildman–Crippen LogP) is 3.10. The van der Waals surface area contributed by atoms with E-state index in [-0.39, 0.29) is 5.97 Å². The molecular weight excluding hydrogens is 320 g/mol. The highest BCUT2D eigenvalue weighted by Crippen LogP contribution is 2.33. The lowest BCUT2D eigenvalue weighted by molar-refractivity contribution is 0.00670. The molecule has 5 nitrogen and oxygen atoms in total. The molecule has 1 aliphatic heterocycles. The fourth-order valence-electron chi connectivity index (χ4n) is 2.73. The fourth-order valence-corrected chi connectivity index (χ4v) is 2.73. The van der Waals surface area contributed by atoms with Crippen LogP contribution in [0.2, 0.25) is 0 Å². The number of fused-ring (bicyclic) bond motifs is 1. The number of rotatable bonds is 4. The number of benzene rings is 2. The van der Waals surface area contributed by atoms with Crippen LogP contribution in [-0.2, 0) is 22.5 Å². The summed E-state index contributed by atoms with van der Waals surface area (Å²) in [6, 6.07) is 14.9. The summed E-state index contributed by atoms with van der Waals surface area (Å²) in [7, 11) is 0. The van der Waals surface area contributed by atoms with Crippen LogP contribution in [0.5, 0.6) is 0 Å². The lowest BCUT2D eigenvalue weighted by atomic mass is 10.0. The SMILES string of the molecule is O=C(OCO)c1ccccc1CC1CC1.O=C1OCc2ccccc21. The Kier molecular flexibility index (Phi) is 5.46. The maximum Gasteiger partial charge on any atom is 0.340 e. The van der Waals surface area contributed by atoms with E-state index in [2.05, 4.69) is 4.74 Å². The average Bonchev–Trinajstić information content (AvgIpc) is 3.37. The molecule has 0 aromatic heterocycles. The van der Waals surface area contributed by atoms with E-state index >= 15 is 0 Å². The zero-order valence-corrected chi connectivity index (χ0v) is 13.8. The first kappa shape index (κ1) is 17.2. The third kappa shape index (κ3) is 4.45. The molecule has 4 rings (SSSR count). The third-order valence-electron chi connectivity index (χ3n) is 4.23. The molecule has 0 unspecified atom stereocenters. The second kappa shape index (κ2) is 7.94. The highest BCUT2D eigenvalue weighted by Gasteiger charge is 2.24. The van der Waals surface area contributed by atoms with Gasteiger partial charge in [0, 0.05) is 5.56 Å². The zero-order chi connectivity index (χ0) is 17.6. The number of carbonyl (C=O) groups excluding carboxylic acids is 2. The molecule has 2 aromatic rings.